The van der Waals surface area contributed by atoms with Gasteiger partial charge in [0.2, 0.25) is 0 Å². The quantitative estimate of drug-likeness (QED) is 0.826. The Morgan fingerprint density at radius 1 is 1.41 bits per heavy atom. The maximum Gasteiger partial charge on any atom is 0.103 e. The van der Waals surface area contributed by atoms with E-state index >= 15 is 0 Å². The van der Waals surface area contributed by atoms with Crippen molar-refractivity contribution in [3.63, 3.8) is 0 Å². The van der Waals surface area contributed by atoms with Crippen LogP contribution in [-0.2, 0) is 12.1 Å². The molecule has 0 amide bonds. The fourth-order valence-electron chi connectivity index (χ4n) is 1.58. The topological polar surface area (TPSA) is 77.0 Å². The zero-order valence-electron chi connectivity index (χ0n) is 9.96. The lowest BCUT2D eigenvalue weighted by Gasteiger charge is -2.13. The average Bonchev–Trinajstić information content (AvgIpc) is 2.77. The van der Waals surface area contributed by atoms with Crippen LogP contribution in [0.15, 0.2) is 30.7 Å². The van der Waals surface area contributed by atoms with Crippen molar-refractivity contribution in [1.29, 1.82) is 0 Å². The number of pyridine rings is 1. The van der Waals surface area contributed by atoms with E-state index in [9.17, 15) is 5.11 Å². The summed E-state index contributed by atoms with van der Waals surface area (Å²) >= 11 is 0. The Morgan fingerprint density at radius 3 is 2.76 bits per heavy atom. The predicted molar refractivity (Wildman–Crippen MR) is 64.5 cm³/mol. The van der Waals surface area contributed by atoms with Crippen LogP contribution in [0, 0.1) is 0 Å². The molecule has 17 heavy (non-hydrogen) atoms. The highest BCUT2D eigenvalue weighted by molar-refractivity contribution is 5.37. The van der Waals surface area contributed by atoms with E-state index in [2.05, 4.69) is 10.1 Å². The van der Waals surface area contributed by atoms with Gasteiger partial charge in [-0.2, -0.15) is 5.10 Å². The van der Waals surface area contributed by atoms with Crippen molar-refractivity contribution in [2.75, 3.05) is 0 Å². The van der Waals surface area contributed by atoms with E-state index in [1.165, 1.54) is 0 Å². The van der Waals surface area contributed by atoms with Gasteiger partial charge in [-0.3, -0.25) is 4.98 Å². The van der Waals surface area contributed by atoms with Crippen LogP contribution in [0.5, 0.6) is 0 Å². The average molecular weight is 232 g/mol. The third-order valence-corrected chi connectivity index (χ3v) is 2.57. The molecule has 0 saturated carbocycles. The molecule has 0 unspecified atom stereocenters. The van der Waals surface area contributed by atoms with Crippen LogP contribution in [0.1, 0.15) is 25.1 Å². The van der Waals surface area contributed by atoms with Gasteiger partial charge in [0.25, 0.3) is 0 Å². The van der Waals surface area contributed by atoms with Gasteiger partial charge in [-0.05, 0) is 31.5 Å². The molecule has 0 fully saturated rings. The smallest absolute Gasteiger partial charge is 0.103 e. The molecule has 2 heterocycles. The molecule has 0 aliphatic heterocycles. The Labute approximate surface area is 99.9 Å². The molecular formula is C12H16N4O. The standard InChI is InChI=1S/C12H16N4O/c1-12(2,17)11-4-6-16(15-11)10-8-14-5-3-9(10)7-13/h3-6,8,17H,7,13H2,1-2H3. The first-order valence-corrected chi connectivity index (χ1v) is 5.44. The highest BCUT2D eigenvalue weighted by Crippen LogP contribution is 2.19. The summed E-state index contributed by atoms with van der Waals surface area (Å²) in [5, 5.41) is 14.2. The Bertz CT molecular complexity index is 513. The van der Waals surface area contributed by atoms with Crippen molar-refractivity contribution < 1.29 is 5.11 Å². The minimum atomic E-state index is -0.948. The molecule has 5 heteroatoms. The fourth-order valence-corrected chi connectivity index (χ4v) is 1.58. The summed E-state index contributed by atoms with van der Waals surface area (Å²) in [5.41, 5.74) is 7.13. The number of hydrogen-bond acceptors (Lipinski definition) is 4. The molecule has 0 radical (unpaired) electrons. The second kappa shape index (κ2) is 4.27. The highest BCUT2D eigenvalue weighted by Gasteiger charge is 2.19. The predicted octanol–water partition coefficient (Wildman–Crippen LogP) is 0.953. The maximum atomic E-state index is 9.86. The third-order valence-electron chi connectivity index (χ3n) is 2.57. The Morgan fingerprint density at radius 2 is 2.18 bits per heavy atom. The molecule has 0 atom stereocenters. The van der Waals surface area contributed by atoms with Crippen molar-refractivity contribution in [2.24, 2.45) is 5.73 Å². The molecule has 0 saturated heterocycles. The van der Waals surface area contributed by atoms with Crippen molar-refractivity contribution >= 4 is 0 Å². The molecule has 0 spiro atoms. The number of nitrogens with two attached hydrogens (primary N) is 1. The van der Waals surface area contributed by atoms with E-state index in [-0.39, 0.29) is 0 Å². The normalized spacial score (nSPS) is 11.8. The lowest BCUT2D eigenvalue weighted by Crippen LogP contribution is -2.17. The monoisotopic (exact) mass is 232 g/mol. The van der Waals surface area contributed by atoms with Crippen LogP contribution in [0.4, 0.5) is 0 Å². The van der Waals surface area contributed by atoms with Gasteiger partial charge in [0, 0.05) is 18.9 Å². The summed E-state index contributed by atoms with van der Waals surface area (Å²) in [6.07, 6.45) is 5.21. The third kappa shape index (κ3) is 2.35. The lowest BCUT2D eigenvalue weighted by atomic mass is 10.1. The van der Waals surface area contributed by atoms with Crippen LogP contribution in [-0.4, -0.2) is 19.9 Å². The van der Waals surface area contributed by atoms with Crippen molar-refractivity contribution in [2.45, 2.75) is 26.0 Å². The summed E-state index contributed by atoms with van der Waals surface area (Å²) in [5.74, 6) is 0. The SMILES string of the molecule is CC(C)(O)c1ccn(-c2cnccc2CN)n1. The van der Waals surface area contributed by atoms with Gasteiger partial charge in [0.05, 0.1) is 17.6 Å². The van der Waals surface area contributed by atoms with Gasteiger partial charge in [-0.25, -0.2) is 4.68 Å². The van der Waals surface area contributed by atoms with Crippen molar-refractivity contribution in [3.8, 4) is 5.69 Å². The number of rotatable bonds is 3. The molecule has 2 aromatic rings. The number of hydrogen-bond donors (Lipinski definition) is 2. The van der Waals surface area contributed by atoms with Crippen LogP contribution in [0.2, 0.25) is 0 Å². The van der Waals surface area contributed by atoms with E-state index in [0.717, 1.165) is 11.3 Å². The molecule has 0 aliphatic carbocycles. The molecule has 5 nitrogen and oxygen atoms in total. The van der Waals surface area contributed by atoms with Crippen molar-refractivity contribution in [1.82, 2.24) is 14.8 Å². The second-order valence-corrected chi connectivity index (χ2v) is 4.41. The van der Waals surface area contributed by atoms with E-state index in [0.29, 0.717) is 12.2 Å². The number of nitrogens with zero attached hydrogens (tertiary/aromatic N) is 3. The largest absolute Gasteiger partial charge is 0.384 e. The van der Waals surface area contributed by atoms with E-state index in [4.69, 9.17) is 5.73 Å². The van der Waals surface area contributed by atoms with Gasteiger partial charge >= 0.3 is 0 Å². The first-order valence-electron chi connectivity index (χ1n) is 5.44. The summed E-state index contributed by atoms with van der Waals surface area (Å²) in [6.45, 7) is 3.83. The minimum Gasteiger partial charge on any atom is -0.384 e. The van der Waals surface area contributed by atoms with E-state index in [1.807, 2.05) is 6.07 Å². The van der Waals surface area contributed by atoms with E-state index < -0.39 is 5.60 Å². The Kier molecular flexibility index (Phi) is 2.95. The van der Waals surface area contributed by atoms with Crippen LogP contribution < -0.4 is 5.73 Å². The van der Waals surface area contributed by atoms with Gasteiger partial charge in [-0.15, -0.1) is 0 Å². The molecule has 2 aromatic heterocycles. The van der Waals surface area contributed by atoms with Gasteiger partial charge < -0.3 is 10.8 Å². The van der Waals surface area contributed by atoms with Gasteiger partial charge in [-0.1, -0.05) is 0 Å². The molecule has 0 aromatic carbocycles. The molecule has 3 N–H and O–H groups in total. The number of aliphatic hydroxyl groups is 1. The molecule has 90 valence electrons. The Hall–Kier alpha value is -1.72. The highest BCUT2D eigenvalue weighted by atomic mass is 16.3. The van der Waals surface area contributed by atoms with Crippen molar-refractivity contribution in [3.05, 3.63) is 42.0 Å². The lowest BCUT2D eigenvalue weighted by molar-refractivity contribution is 0.0734. The van der Waals surface area contributed by atoms with Crippen LogP contribution in [0.3, 0.4) is 0 Å². The first-order chi connectivity index (χ1) is 8.02. The van der Waals surface area contributed by atoms with Crippen LogP contribution in [0.25, 0.3) is 5.69 Å². The second-order valence-electron chi connectivity index (χ2n) is 4.41. The molecule has 0 bridgehead atoms. The molecular weight excluding hydrogens is 216 g/mol. The number of aromatic nitrogens is 3. The molecule has 2 rings (SSSR count). The zero-order chi connectivity index (χ0) is 12.5. The summed E-state index contributed by atoms with van der Waals surface area (Å²) in [7, 11) is 0. The van der Waals surface area contributed by atoms with Gasteiger partial charge in [0.1, 0.15) is 5.60 Å². The summed E-state index contributed by atoms with van der Waals surface area (Å²) in [6, 6.07) is 3.65. The van der Waals surface area contributed by atoms with E-state index in [1.54, 1.807) is 43.2 Å². The summed E-state index contributed by atoms with van der Waals surface area (Å²) < 4.78 is 1.68. The first kappa shape index (κ1) is 11.8. The Balaban J connectivity index is 2.44. The van der Waals surface area contributed by atoms with Crippen LogP contribution >= 0.6 is 0 Å². The fraction of sp³-hybridized carbons (Fsp3) is 0.333. The summed E-state index contributed by atoms with van der Waals surface area (Å²) in [4.78, 5) is 4.06. The zero-order valence-corrected chi connectivity index (χ0v) is 9.96. The minimum absolute atomic E-state index is 0.426. The van der Waals surface area contributed by atoms with Gasteiger partial charge in [0.15, 0.2) is 0 Å². The molecule has 0 aliphatic rings. The maximum absolute atomic E-state index is 9.86.